The van der Waals surface area contributed by atoms with Crippen LogP contribution in [-0.2, 0) is 0 Å². The molecule has 0 aliphatic carbocycles. The summed E-state index contributed by atoms with van der Waals surface area (Å²) in [6.07, 6.45) is 3.29. The van der Waals surface area contributed by atoms with Gasteiger partial charge in [-0.15, -0.1) is 9.94 Å². The smallest absolute Gasteiger partial charge is 0.160 e. The summed E-state index contributed by atoms with van der Waals surface area (Å²) in [6, 6.07) is 6.72. The second kappa shape index (κ2) is 3.90. The fourth-order valence-corrected chi connectivity index (χ4v) is 1.50. The monoisotopic (exact) mass is 228 g/mol. The van der Waals surface area contributed by atoms with Gasteiger partial charge in [0.1, 0.15) is 0 Å². The minimum Gasteiger partial charge on any atom is -0.358 e. The Kier molecular flexibility index (Phi) is 2.61. The molecular weight excluding hydrogens is 223 g/mol. The molecule has 2 rings (SSSR count). The van der Waals surface area contributed by atoms with Crippen LogP contribution in [0.4, 0.5) is 0 Å². The Labute approximate surface area is 90.8 Å². The van der Waals surface area contributed by atoms with E-state index in [9.17, 15) is 0 Å². The summed E-state index contributed by atoms with van der Waals surface area (Å²) in [4.78, 5) is 6.64. The molecule has 0 fully saturated rings. The SMILES string of the molecule is Clc1cc(Cl)cc(On2cccn2)c1. The second-order valence-corrected chi connectivity index (χ2v) is 3.48. The summed E-state index contributed by atoms with van der Waals surface area (Å²) in [6.45, 7) is 0. The van der Waals surface area contributed by atoms with Crippen LogP contribution in [0.5, 0.6) is 5.75 Å². The lowest BCUT2D eigenvalue weighted by Crippen LogP contribution is -2.04. The Balaban J connectivity index is 2.25. The molecule has 0 saturated heterocycles. The van der Waals surface area contributed by atoms with Crippen molar-refractivity contribution < 1.29 is 4.84 Å². The van der Waals surface area contributed by atoms with E-state index in [-0.39, 0.29) is 0 Å². The first kappa shape index (κ1) is 9.37. The molecule has 72 valence electrons. The summed E-state index contributed by atoms with van der Waals surface area (Å²) in [5.41, 5.74) is 0. The minimum absolute atomic E-state index is 0.527. The molecule has 14 heavy (non-hydrogen) atoms. The maximum atomic E-state index is 5.80. The van der Waals surface area contributed by atoms with Crippen molar-refractivity contribution in [2.75, 3.05) is 0 Å². The summed E-state index contributed by atoms with van der Waals surface area (Å²) >= 11 is 11.6. The van der Waals surface area contributed by atoms with Crippen molar-refractivity contribution in [1.29, 1.82) is 0 Å². The Hall–Kier alpha value is -1.19. The highest BCUT2D eigenvalue weighted by Crippen LogP contribution is 2.24. The number of nitrogens with zero attached hydrogens (tertiary/aromatic N) is 2. The quantitative estimate of drug-likeness (QED) is 0.791. The fraction of sp³-hybridized carbons (Fsp3) is 0. The molecule has 0 atom stereocenters. The van der Waals surface area contributed by atoms with Gasteiger partial charge < -0.3 is 4.84 Å². The third-order valence-electron chi connectivity index (χ3n) is 1.52. The summed E-state index contributed by atoms with van der Waals surface area (Å²) in [7, 11) is 0. The number of hydrogen-bond donors (Lipinski definition) is 0. The first-order valence-electron chi connectivity index (χ1n) is 3.88. The van der Waals surface area contributed by atoms with Crippen molar-refractivity contribution in [3.8, 4) is 5.75 Å². The lowest BCUT2D eigenvalue weighted by molar-refractivity contribution is 0.179. The molecule has 3 nitrogen and oxygen atoms in total. The van der Waals surface area contributed by atoms with Crippen LogP contribution in [0.2, 0.25) is 10.0 Å². The average molecular weight is 229 g/mol. The molecule has 1 aromatic carbocycles. The highest BCUT2D eigenvalue weighted by Gasteiger charge is 2.00. The first-order chi connectivity index (χ1) is 6.74. The Morgan fingerprint density at radius 1 is 1.14 bits per heavy atom. The van der Waals surface area contributed by atoms with Gasteiger partial charge in [-0.1, -0.05) is 23.2 Å². The lowest BCUT2D eigenvalue weighted by atomic mass is 10.3. The van der Waals surface area contributed by atoms with Gasteiger partial charge in [0.15, 0.2) is 5.75 Å². The van der Waals surface area contributed by atoms with Crippen molar-refractivity contribution >= 4 is 23.2 Å². The predicted octanol–water partition coefficient (Wildman–Crippen LogP) is 3.03. The Bertz CT molecular complexity index is 408. The van der Waals surface area contributed by atoms with E-state index in [1.807, 2.05) is 0 Å². The molecule has 5 heteroatoms. The molecule has 0 aliphatic rings. The van der Waals surface area contributed by atoms with Crippen LogP contribution < -0.4 is 4.84 Å². The molecule has 2 aromatic rings. The standard InChI is InChI=1S/C9H6Cl2N2O/c10-7-4-8(11)6-9(5-7)14-13-3-1-2-12-13/h1-6H. The fourth-order valence-electron chi connectivity index (χ4n) is 0.998. The Morgan fingerprint density at radius 2 is 1.86 bits per heavy atom. The summed E-state index contributed by atoms with van der Waals surface area (Å²) in [5.74, 6) is 0.547. The van der Waals surface area contributed by atoms with Gasteiger partial charge in [0.2, 0.25) is 0 Å². The van der Waals surface area contributed by atoms with Gasteiger partial charge in [-0.25, -0.2) is 0 Å². The van der Waals surface area contributed by atoms with Gasteiger partial charge in [-0.2, -0.15) is 0 Å². The predicted molar refractivity (Wildman–Crippen MR) is 54.7 cm³/mol. The number of hydrogen-bond acceptors (Lipinski definition) is 2. The zero-order valence-electron chi connectivity index (χ0n) is 7.02. The van der Waals surface area contributed by atoms with Gasteiger partial charge in [0.25, 0.3) is 0 Å². The van der Waals surface area contributed by atoms with Gasteiger partial charge >= 0.3 is 0 Å². The first-order valence-corrected chi connectivity index (χ1v) is 4.64. The third kappa shape index (κ3) is 2.19. The van der Waals surface area contributed by atoms with Gasteiger partial charge in [-0.05, 0) is 12.1 Å². The topological polar surface area (TPSA) is 27.1 Å². The van der Waals surface area contributed by atoms with Crippen molar-refractivity contribution in [1.82, 2.24) is 9.94 Å². The van der Waals surface area contributed by atoms with Gasteiger partial charge in [-0.3, -0.25) is 0 Å². The van der Waals surface area contributed by atoms with E-state index < -0.39 is 0 Å². The van der Waals surface area contributed by atoms with Gasteiger partial charge in [0.05, 0.1) is 12.4 Å². The van der Waals surface area contributed by atoms with Crippen LogP contribution in [0.25, 0.3) is 0 Å². The van der Waals surface area contributed by atoms with E-state index in [4.69, 9.17) is 28.0 Å². The zero-order valence-corrected chi connectivity index (χ0v) is 8.53. The number of halogens is 2. The number of aromatic nitrogens is 2. The molecule has 1 aromatic heterocycles. The normalized spacial score (nSPS) is 10.1. The Morgan fingerprint density at radius 3 is 2.43 bits per heavy atom. The lowest BCUT2D eigenvalue weighted by Gasteiger charge is -2.04. The summed E-state index contributed by atoms with van der Waals surface area (Å²) in [5, 5.41) is 4.93. The molecule has 0 bridgehead atoms. The van der Waals surface area contributed by atoms with E-state index in [2.05, 4.69) is 5.10 Å². The third-order valence-corrected chi connectivity index (χ3v) is 1.95. The van der Waals surface area contributed by atoms with Crippen LogP contribution in [0, 0.1) is 0 Å². The van der Waals surface area contributed by atoms with E-state index in [1.54, 1.807) is 36.7 Å². The van der Waals surface area contributed by atoms with Crippen molar-refractivity contribution in [3.05, 3.63) is 46.7 Å². The average Bonchev–Trinajstić information content (AvgIpc) is 2.54. The molecule has 0 amide bonds. The van der Waals surface area contributed by atoms with E-state index in [0.29, 0.717) is 15.8 Å². The van der Waals surface area contributed by atoms with E-state index in [0.717, 1.165) is 0 Å². The number of rotatable bonds is 2. The molecule has 0 aliphatic heterocycles. The van der Waals surface area contributed by atoms with Crippen LogP contribution >= 0.6 is 23.2 Å². The van der Waals surface area contributed by atoms with Crippen LogP contribution in [0.15, 0.2) is 36.7 Å². The molecule has 0 spiro atoms. The maximum Gasteiger partial charge on any atom is 0.160 e. The maximum absolute atomic E-state index is 5.80. The van der Waals surface area contributed by atoms with Crippen LogP contribution in [0.3, 0.4) is 0 Å². The summed E-state index contributed by atoms with van der Waals surface area (Å²) < 4.78 is 0. The molecular formula is C9H6Cl2N2O. The molecule has 0 N–H and O–H groups in total. The van der Waals surface area contributed by atoms with E-state index >= 15 is 0 Å². The largest absolute Gasteiger partial charge is 0.358 e. The highest BCUT2D eigenvalue weighted by atomic mass is 35.5. The van der Waals surface area contributed by atoms with Crippen molar-refractivity contribution in [2.45, 2.75) is 0 Å². The number of benzene rings is 1. The van der Waals surface area contributed by atoms with E-state index in [1.165, 1.54) is 4.85 Å². The molecule has 1 heterocycles. The zero-order chi connectivity index (χ0) is 9.97. The molecule has 0 unspecified atom stereocenters. The molecule has 0 saturated carbocycles. The highest BCUT2D eigenvalue weighted by molar-refractivity contribution is 6.34. The van der Waals surface area contributed by atoms with Gasteiger partial charge in [0, 0.05) is 22.2 Å². The van der Waals surface area contributed by atoms with Crippen molar-refractivity contribution in [2.24, 2.45) is 0 Å². The van der Waals surface area contributed by atoms with Crippen molar-refractivity contribution in [3.63, 3.8) is 0 Å². The van der Waals surface area contributed by atoms with Crippen LogP contribution in [-0.4, -0.2) is 9.94 Å². The molecule has 0 radical (unpaired) electrons. The minimum atomic E-state index is 0.527. The van der Waals surface area contributed by atoms with Crippen LogP contribution in [0.1, 0.15) is 0 Å². The second-order valence-electron chi connectivity index (χ2n) is 2.61.